The van der Waals surface area contributed by atoms with E-state index < -0.39 is 27.7 Å². The van der Waals surface area contributed by atoms with Crippen molar-refractivity contribution in [2.24, 2.45) is 0 Å². The van der Waals surface area contributed by atoms with Crippen molar-refractivity contribution < 1.29 is 31.1 Å². The number of sulfonamides is 1. The van der Waals surface area contributed by atoms with E-state index in [0.717, 1.165) is 17.7 Å². The number of alkyl halides is 3. The number of anilines is 1. The molecule has 1 amide bonds. The van der Waals surface area contributed by atoms with E-state index in [1.54, 1.807) is 32.9 Å². The van der Waals surface area contributed by atoms with Crippen molar-refractivity contribution in [3.8, 4) is 5.75 Å². The maximum Gasteiger partial charge on any atom is 0.416 e. The minimum absolute atomic E-state index is 0.00392. The summed E-state index contributed by atoms with van der Waals surface area (Å²) in [4.78, 5) is 12.5. The number of benzene rings is 2. The van der Waals surface area contributed by atoms with Gasteiger partial charge in [0.2, 0.25) is 15.9 Å². The quantitative estimate of drug-likeness (QED) is 0.544. The molecule has 0 radical (unpaired) electrons. The number of halogens is 3. The zero-order chi connectivity index (χ0) is 23.9. The molecule has 0 saturated heterocycles. The second-order valence-electron chi connectivity index (χ2n) is 6.92. The molecule has 2 aromatic carbocycles. The molecular weight excluding hydrogens is 445 g/mol. The van der Waals surface area contributed by atoms with Gasteiger partial charge in [0.05, 0.1) is 22.8 Å². The number of nitrogens with one attached hydrogen (secondary N) is 1. The second-order valence-corrected chi connectivity index (χ2v) is 8.86. The van der Waals surface area contributed by atoms with Crippen molar-refractivity contribution in [2.75, 3.05) is 25.0 Å². The molecule has 0 heterocycles. The second kappa shape index (κ2) is 10.8. The third-order valence-corrected chi connectivity index (χ3v) is 6.85. The van der Waals surface area contributed by atoms with Crippen LogP contribution in [0.5, 0.6) is 5.75 Å². The Bertz CT molecular complexity index is 1020. The molecule has 6 nitrogen and oxygen atoms in total. The molecule has 0 aliphatic rings. The first kappa shape index (κ1) is 25.7. The standard InChI is InChI=1S/C22H27F3N2O4S/c1-4-27(5-2)32(29,30)18-11-7-16(8-12-18)9-14-21(28)26-19-15-17(22(23,24)25)10-13-20(19)31-6-3/h7-8,10-13,15H,4-6,9,14H2,1-3H3,(H,26,28). The Hall–Kier alpha value is -2.59. The molecule has 0 aliphatic carbocycles. The van der Waals surface area contributed by atoms with Crippen LogP contribution in [0.15, 0.2) is 47.4 Å². The third kappa shape index (κ3) is 6.46. The summed E-state index contributed by atoms with van der Waals surface area (Å²) in [5, 5.41) is 2.48. The molecule has 0 fully saturated rings. The molecule has 0 atom stereocenters. The predicted molar refractivity (Wildman–Crippen MR) is 116 cm³/mol. The molecule has 0 unspecified atom stereocenters. The van der Waals surface area contributed by atoms with E-state index in [-0.39, 0.29) is 29.4 Å². The molecule has 0 aromatic heterocycles. The average molecular weight is 473 g/mol. The fourth-order valence-electron chi connectivity index (χ4n) is 3.10. The summed E-state index contributed by atoms with van der Waals surface area (Å²) in [6.07, 6.45) is -4.25. The number of hydrogen-bond donors (Lipinski definition) is 1. The Balaban J connectivity index is 2.07. The topological polar surface area (TPSA) is 75.7 Å². The lowest BCUT2D eigenvalue weighted by molar-refractivity contribution is -0.137. The Morgan fingerprint density at radius 2 is 1.66 bits per heavy atom. The summed E-state index contributed by atoms with van der Waals surface area (Å²) in [5.74, 6) is -0.329. The van der Waals surface area contributed by atoms with Gasteiger partial charge in [-0.2, -0.15) is 17.5 Å². The number of hydrogen-bond acceptors (Lipinski definition) is 4. The van der Waals surface area contributed by atoms with Gasteiger partial charge in [-0.05, 0) is 49.2 Å². The van der Waals surface area contributed by atoms with Crippen molar-refractivity contribution in [1.82, 2.24) is 4.31 Å². The lowest BCUT2D eigenvalue weighted by Gasteiger charge is -2.18. The molecule has 2 aromatic rings. The monoisotopic (exact) mass is 472 g/mol. The van der Waals surface area contributed by atoms with Crippen LogP contribution >= 0.6 is 0 Å². The van der Waals surface area contributed by atoms with Gasteiger partial charge in [0, 0.05) is 19.5 Å². The first-order valence-corrected chi connectivity index (χ1v) is 11.7. The van der Waals surface area contributed by atoms with E-state index in [9.17, 15) is 26.4 Å². The Labute approximate surface area is 186 Å². The van der Waals surface area contributed by atoms with Crippen molar-refractivity contribution >= 4 is 21.6 Å². The van der Waals surface area contributed by atoms with Crippen LogP contribution < -0.4 is 10.1 Å². The van der Waals surface area contributed by atoms with Gasteiger partial charge in [0.25, 0.3) is 0 Å². The Morgan fingerprint density at radius 3 is 2.19 bits per heavy atom. The Morgan fingerprint density at radius 1 is 1.03 bits per heavy atom. The van der Waals surface area contributed by atoms with Crippen LogP contribution in [0.4, 0.5) is 18.9 Å². The minimum atomic E-state index is -4.54. The summed E-state index contributed by atoms with van der Waals surface area (Å²) >= 11 is 0. The summed E-state index contributed by atoms with van der Waals surface area (Å²) in [7, 11) is -3.57. The van der Waals surface area contributed by atoms with Crippen LogP contribution in [0, 0.1) is 0 Å². The number of amides is 1. The van der Waals surface area contributed by atoms with Crippen LogP contribution in [0.1, 0.15) is 38.3 Å². The summed E-state index contributed by atoms with van der Waals surface area (Å²) in [6, 6.07) is 9.14. The number of rotatable bonds is 10. The Kier molecular flexibility index (Phi) is 8.68. The largest absolute Gasteiger partial charge is 0.492 e. The lowest BCUT2D eigenvalue weighted by atomic mass is 10.1. The van der Waals surface area contributed by atoms with Crippen molar-refractivity contribution in [3.63, 3.8) is 0 Å². The number of nitrogens with zero attached hydrogens (tertiary/aromatic N) is 1. The molecule has 1 N–H and O–H groups in total. The first-order chi connectivity index (χ1) is 15.0. The van der Waals surface area contributed by atoms with Crippen LogP contribution in [-0.4, -0.2) is 38.3 Å². The first-order valence-electron chi connectivity index (χ1n) is 10.3. The van der Waals surface area contributed by atoms with Gasteiger partial charge in [0.15, 0.2) is 0 Å². The van der Waals surface area contributed by atoms with Crippen LogP contribution in [-0.2, 0) is 27.4 Å². The van der Waals surface area contributed by atoms with E-state index in [2.05, 4.69) is 5.32 Å². The summed E-state index contributed by atoms with van der Waals surface area (Å²) < 4.78 is 70.7. The van der Waals surface area contributed by atoms with Gasteiger partial charge in [-0.15, -0.1) is 0 Å². The zero-order valence-corrected chi connectivity index (χ0v) is 19.0. The molecule has 0 aliphatic heterocycles. The highest BCUT2D eigenvalue weighted by Gasteiger charge is 2.31. The third-order valence-electron chi connectivity index (χ3n) is 4.79. The van der Waals surface area contributed by atoms with Crippen LogP contribution in [0.25, 0.3) is 0 Å². The van der Waals surface area contributed by atoms with Gasteiger partial charge in [-0.3, -0.25) is 4.79 Å². The number of carbonyl (C=O) groups is 1. The SMILES string of the molecule is CCOc1ccc(C(F)(F)F)cc1NC(=O)CCc1ccc(S(=O)(=O)N(CC)CC)cc1. The maximum absolute atomic E-state index is 13.0. The van der Waals surface area contributed by atoms with Crippen molar-refractivity contribution in [1.29, 1.82) is 0 Å². The summed E-state index contributed by atoms with van der Waals surface area (Å²) in [6.45, 7) is 6.16. The van der Waals surface area contributed by atoms with E-state index >= 15 is 0 Å². The van der Waals surface area contributed by atoms with Crippen LogP contribution in [0.3, 0.4) is 0 Å². The molecule has 10 heteroatoms. The number of ether oxygens (including phenoxy) is 1. The molecule has 2 rings (SSSR count). The minimum Gasteiger partial charge on any atom is -0.492 e. The van der Waals surface area contributed by atoms with Crippen LogP contribution in [0.2, 0.25) is 0 Å². The van der Waals surface area contributed by atoms with Gasteiger partial charge in [-0.1, -0.05) is 26.0 Å². The highest BCUT2D eigenvalue weighted by atomic mass is 32.2. The maximum atomic E-state index is 13.0. The molecule has 0 bridgehead atoms. The average Bonchev–Trinajstić information content (AvgIpc) is 2.74. The predicted octanol–water partition coefficient (Wildman–Crippen LogP) is 4.71. The molecule has 32 heavy (non-hydrogen) atoms. The van der Waals surface area contributed by atoms with Gasteiger partial charge >= 0.3 is 6.18 Å². The number of carbonyl (C=O) groups excluding carboxylic acids is 1. The van der Waals surface area contributed by atoms with E-state index in [1.807, 2.05) is 0 Å². The molecular formula is C22H27F3N2O4S. The lowest BCUT2D eigenvalue weighted by Crippen LogP contribution is -2.30. The van der Waals surface area contributed by atoms with Gasteiger partial charge in [-0.25, -0.2) is 8.42 Å². The highest BCUT2D eigenvalue weighted by molar-refractivity contribution is 7.89. The highest BCUT2D eigenvalue weighted by Crippen LogP contribution is 2.35. The van der Waals surface area contributed by atoms with E-state index in [1.165, 1.54) is 22.5 Å². The smallest absolute Gasteiger partial charge is 0.416 e. The molecule has 0 spiro atoms. The van der Waals surface area contributed by atoms with Crippen molar-refractivity contribution in [2.45, 2.75) is 44.7 Å². The summed E-state index contributed by atoms with van der Waals surface area (Å²) in [5.41, 5.74) is -0.207. The van der Waals surface area contributed by atoms with E-state index in [4.69, 9.17) is 4.74 Å². The molecule has 176 valence electrons. The normalized spacial score (nSPS) is 12.1. The van der Waals surface area contributed by atoms with Gasteiger partial charge in [0.1, 0.15) is 5.75 Å². The fraction of sp³-hybridized carbons (Fsp3) is 0.409. The zero-order valence-electron chi connectivity index (χ0n) is 18.2. The fourth-order valence-corrected chi connectivity index (χ4v) is 4.55. The van der Waals surface area contributed by atoms with E-state index in [0.29, 0.717) is 19.5 Å². The van der Waals surface area contributed by atoms with Crippen molar-refractivity contribution in [3.05, 3.63) is 53.6 Å². The van der Waals surface area contributed by atoms with Gasteiger partial charge < -0.3 is 10.1 Å². The number of aryl methyl sites for hydroxylation is 1. The molecule has 0 saturated carbocycles.